The van der Waals surface area contributed by atoms with Crippen LogP contribution in [0.2, 0.25) is 0 Å². The van der Waals surface area contributed by atoms with Crippen molar-refractivity contribution < 1.29 is 9.21 Å². The van der Waals surface area contributed by atoms with Crippen LogP contribution in [0.1, 0.15) is 13.3 Å². The molecule has 0 N–H and O–H groups in total. The summed E-state index contributed by atoms with van der Waals surface area (Å²) in [5.41, 5.74) is 1.44. The molecule has 0 atom stereocenters. The molecule has 0 aliphatic rings. The van der Waals surface area contributed by atoms with Gasteiger partial charge in [-0.25, -0.2) is 4.98 Å². The average Bonchev–Trinajstić information content (AvgIpc) is 3.30. The van der Waals surface area contributed by atoms with E-state index >= 15 is 0 Å². The zero-order valence-electron chi connectivity index (χ0n) is 14.1. The molecule has 0 spiro atoms. The van der Waals surface area contributed by atoms with E-state index in [-0.39, 0.29) is 17.8 Å². The summed E-state index contributed by atoms with van der Waals surface area (Å²) >= 11 is 1.42. The van der Waals surface area contributed by atoms with Crippen LogP contribution in [0.25, 0.3) is 32.9 Å². The van der Waals surface area contributed by atoms with Crippen molar-refractivity contribution in [3.8, 4) is 22.7 Å². The lowest BCUT2D eigenvalue weighted by Crippen LogP contribution is -2.24. The van der Waals surface area contributed by atoms with Crippen LogP contribution in [-0.2, 0) is 11.3 Å². The number of Topliss-reactive ketones (excluding diaryl/α,β-unsaturated/α-hetero) is 1. The molecule has 0 fully saturated rings. The van der Waals surface area contributed by atoms with Crippen LogP contribution in [0.3, 0.4) is 0 Å². The number of carbonyl (C=O) groups excluding carboxylic acids is 1. The van der Waals surface area contributed by atoms with Crippen LogP contribution in [0.4, 0.5) is 0 Å². The molecule has 4 rings (SSSR count). The predicted octanol–water partition coefficient (Wildman–Crippen LogP) is 4.36. The van der Waals surface area contributed by atoms with Crippen LogP contribution in [0.15, 0.2) is 63.3 Å². The van der Waals surface area contributed by atoms with E-state index in [4.69, 9.17) is 9.40 Å². The van der Waals surface area contributed by atoms with Crippen LogP contribution in [-0.4, -0.2) is 15.3 Å². The monoisotopic (exact) mass is 364 g/mol. The molecule has 0 radical (unpaired) electrons. The fourth-order valence-corrected chi connectivity index (χ4v) is 3.84. The van der Waals surface area contributed by atoms with E-state index in [0.29, 0.717) is 28.3 Å². The Labute approximate surface area is 153 Å². The minimum atomic E-state index is -0.150. The van der Waals surface area contributed by atoms with Gasteiger partial charge in [0.2, 0.25) is 0 Å². The van der Waals surface area contributed by atoms with Gasteiger partial charge in [-0.05, 0) is 19.1 Å². The molecule has 26 heavy (non-hydrogen) atoms. The molecule has 6 heteroatoms. The highest BCUT2D eigenvalue weighted by Gasteiger charge is 2.19. The molecular formula is C20H16N2O3S. The first-order valence-corrected chi connectivity index (χ1v) is 9.14. The third-order valence-corrected chi connectivity index (χ3v) is 5.07. The molecule has 5 nitrogen and oxygen atoms in total. The number of ketones is 1. The number of hydrogen-bond acceptors (Lipinski definition) is 5. The van der Waals surface area contributed by atoms with E-state index in [2.05, 4.69) is 0 Å². The number of fused-ring (bicyclic) bond motifs is 1. The molecule has 0 aliphatic carbocycles. The van der Waals surface area contributed by atoms with Crippen LogP contribution in [0.5, 0.6) is 0 Å². The normalized spacial score (nSPS) is 11.1. The first-order chi connectivity index (χ1) is 12.6. The molecule has 4 aromatic rings. The van der Waals surface area contributed by atoms with Gasteiger partial charge in [0.05, 0.1) is 11.6 Å². The maximum atomic E-state index is 13.3. The van der Waals surface area contributed by atoms with E-state index in [9.17, 15) is 9.59 Å². The van der Waals surface area contributed by atoms with Gasteiger partial charge in [0.15, 0.2) is 0 Å². The quantitative estimate of drug-likeness (QED) is 0.528. The fraction of sp³-hybridized carbons (Fsp3) is 0.150. The standard InChI is InChI=1S/C20H16N2O3S/c1-13(23)9-10-22-18(14-6-3-2-4-7-14)21-19-17(20(22)24)15(12-26-19)16-8-5-11-25-16/h2-8,11-12H,9-10H2,1H3. The van der Waals surface area contributed by atoms with Gasteiger partial charge >= 0.3 is 0 Å². The van der Waals surface area contributed by atoms with E-state index in [1.54, 1.807) is 16.9 Å². The highest BCUT2D eigenvalue weighted by Crippen LogP contribution is 2.32. The number of nitrogens with zero attached hydrogens (tertiary/aromatic N) is 2. The molecule has 0 saturated carbocycles. The Morgan fingerprint density at radius 3 is 2.69 bits per heavy atom. The topological polar surface area (TPSA) is 65.1 Å². The summed E-state index contributed by atoms with van der Waals surface area (Å²) in [7, 11) is 0. The van der Waals surface area contributed by atoms with Crippen molar-refractivity contribution in [3.05, 3.63) is 64.5 Å². The second kappa shape index (κ2) is 6.72. The van der Waals surface area contributed by atoms with Gasteiger partial charge < -0.3 is 4.42 Å². The Kier molecular flexibility index (Phi) is 4.26. The summed E-state index contributed by atoms with van der Waals surface area (Å²) < 4.78 is 7.07. The Morgan fingerprint density at radius 1 is 1.19 bits per heavy atom. The predicted molar refractivity (Wildman–Crippen MR) is 102 cm³/mol. The van der Waals surface area contributed by atoms with E-state index in [1.807, 2.05) is 41.8 Å². The number of furan rings is 1. The summed E-state index contributed by atoms with van der Waals surface area (Å²) in [6, 6.07) is 13.2. The molecular weight excluding hydrogens is 348 g/mol. The van der Waals surface area contributed by atoms with Crippen molar-refractivity contribution in [1.29, 1.82) is 0 Å². The number of benzene rings is 1. The summed E-state index contributed by atoms with van der Waals surface area (Å²) in [4.78, 5) is 30.2. The fourth-order valence-electron chi connectivity index (χ4n) is 2.92. The maximum absolute atomic E-state index is 13.3. The van der Waals surface area contributed by atoms with Crippen molar-refractivity contribution in [3.63, 3.8) is 0 Å². The lowest BCUT2D eigenvalue weighted by molar-refractivity contribution is -0.117. The second-order valence-corrected chi connectivity index (χ2v) is 6.88. The summed E-state index contributed by atoms with van der Waals surface area (Å²) in [6.07, 6.45) is 1.87. The number of aromatic nitrogens is 2. The lowest BCUT2D eigenvalue weighted by atomic mass is 10.1. The average molecular weight is 364 g/mol. The number of hydrogen-bond donors (Lipinski definition) is 0. The molecule has 3 heterocycles. The van der Waals surface area contributed by atoms with Crippen molar-refractivity contribution in [2.75, 3.05) is 0 Å². The number of carbonyl (C=O) groups is 1. The Balaban J connectivity index is 1.98. The van der Waals surface area contributed by atoms with Crippen molar-refractivity contribution in [2.45, 2.75) is 19.9 Å². The number of rotatable bonds is 5. The minimum Gasteiger partial charge on any atom is -0.464 e. The third-order valence-electron chi connectivity index (χ3n) is 4.20. The first kappa shape index (κ1) is 16.5. The molecule has 0 aliphatic heterocycles. The van der Waals surface area contributed by atoms with E-state index in [1.165, 1.54) is 18.3 Å². The Bertz CT molecular complexity index is 1130. The van der Waals surface area contributed by atoms with E-state index in [0.717, 1.165) is 11.1 Å². The molecule has 130 valence electrons. The maximum Gasteiger partial charge on any atom is 0.263 e. The van der Waals surface area contributed by atoms with Gasteiger partial charge in [-0.15, -0.1) is 11.3 Å². The molecule has 0 bridgehead atoms. The molecule has 0 amide bonds. The highest BCUT2D eigenvalue weighted by molar-refractivity contribution is 7.17. The largest absolute Gasteiger partial charge is 0.464 e. The van der Waals surface area contributed by atoms with Gasteiger partial charge in [-0.3, -0.25) is 14.2 Å². The zero-order valence-corrected chi connectivity index (χ0v) is 15.0. The van der Waals surface area contributed by atoms with E-state index < -0.39 is 0 Å². The smallest absolute Gasteiger partial charge is 0.263 e. The lowest BCUT2D eigenvalue weighted by Gasteiger charge is -2.12. The summed E-state index contributed by atoms with van der Waals surface area (Å²) in [5.74, 6) is 1.26. The van der Waals surface area contributed by atoms with Crippen molar-refractivity contribution >= 4 is 27.3 Å². The summed E-state index contributed by atoms with van der Waals surface area (Å²) in [6.45, 7) is 1.83. The van der Waals surface area contributed by atoms with Crippen LogP contribution in [0, 0.1) is 0 Å². The van der Waals surface area contributed by atoms with Gasteiger partial charge in [0.1, 0.15) is 22.2 Å². The van der Waals surface area contributed by atoms with Gasteiger partial charge in [-0.2, -0.15) is 0 Å². The van der Waals surface area contributed by atoms with Crippen molar-refractivity contribution in [2.24, 2.45) is 0 Å². The second-order valence-electron chi connectivity index (χ2n) is 6.02. The molecule has 0 unspecified atom stereocenters. The highest BCUT2D eigenvalue weighted by atomic mass is 32.1. The number of thiophene rings is 1. The van der Waals surface area contributed by atoms with Crippen LogP contribution < -0.4 is 5.56 Å². The SMILES string of the molecule is CC(=O)CCn1c(-c2ccccc2)nc2scc(-c3ccco3)c2c1=O. The van der Waals surface area contributed by atoms with Crippen molar-refractivity contribution in [1.82, 2.24) is 9.55 Å². The first-order valence-electron chi connectivity index (χ1n) is 8.26. The minimum absolute atomic E-state index is 0.0348. The zero-order chi connectivity index (χ0) is 18.1. The Hall–Kier alpha value is -2.99. The van der Waals surface area contributed by atoms with Gasteiger partial charge in [-0.1, -0.05) is 30.3 Å². The Morgan fingerprint density at radius 2 is 2.00 bits per heavy atom. The third kappa shape index (κ3) is 2.88. The summed E-state index contributed by atoms with van der Waals surface area (Å²) in [5, 5.41) is 2.43. The molecule has 0 saturated heterocycles. The molecule has 3 aromatic heterocycles. The van der Waals surface area contributed by atoms with Gasteiger partial charge in [0.25, 0.3) is 5.56 Å². The molecule has 1 aromatic carbocycles. The van der Waals surface area contributed by atoms with Gasteiger partial charge in [0, 0.05) is 29.5 Å². The van der Waals surface area contributed by atoms with Crippen LogP contribution >= 0.6 is 11.3 Å².